The number of carbonyl (C=O) groups excluding carboxylic acids is 2. The molecule has 0 spiro atoms. The summed E-state index contributed by atoms with van der Waals surface area (Å²) in [6, 6.07) is 7.15. The first-order valence-corrected chi connectivity index (χ1v) is 7.60. The molecule has 0 N–H and O–H groups in total. The van der Waals surface area contributed by atoms with Crippen molar-refractivity contribution in [3.05, 3.63) is 60.2 Å². The van der Waals surface area contributed by atoms with Crippen molar-refractivity contribution < 1.29 is 9.59 Å². The summed E-state index contributed by atoms with van der Waals surface area (Å²) in [5, 5.41) is 0. The molecule has 0 bridgehead atoms. The molecule has 2 amide bonds. The maximum absolute atomic E-state index is 12.4. The van der Waals surface area contributed by atoms with E-state index in [9.17, 15) is 9.59 Å². The normalized spacial score (nSPS) is 14.6. The second-order valence-corrected chi connectivity index (χ2v) is 5.45. The van der Waals surface area contributed by atoms with E-state index < -0.39 is 0 Å². The molecule has 0 saturated carbocycles. The minimum absolute atomic E-state index is 0.00763. The zero-order valence-electron chi connectivity index (χ0n) is 12.8. The van der Waals surface area contributed by atoms with Gasteiger partial charge in [-0.25, -0.2) is 0 Å². The lowest BCUT2D eigenvalue weighted by molar-refractivity contribution is -0.131. The van der Waals surface area contributed by atoms with Crippen LogP contribution >= 0.6 is 0 Å². The number of carbonyl (C=O) groups is 2. The topological polar surface area (TPSA) is 66.4 Å². The predicted molar refractivity (Wildman–Crippen MR) is 84.7 cm³/mol. The fourth-order valence-electron chi connectivity index (χ4n) is 2.63. The lowest BCUT2D eigenvalue weighted by Crippen LogP contribution is -2.51. The van der Waals surface area contributed by atoms with Gasteiger partial charge in [0, 0.05) is 56.5 Å². The average molecular weight is 310 g/mol. The highest BCUT2D eigenvalue weighted by molar-refractivity contribution is 5.94. The zero-order valence-corrected chi connectivity index (χ0v) is 12.8. The number of pyridine rings is 2. The van der Waals surface area contributed by atoms with Crippen LogP contribution in [0.4, 0.5) is 0 Å². The molecular weight excluding hydrogens is 292 g/mol. The number of amides is 2. The van der Waals surface area contributed by atoms with Gasteiger partial charge in [0.1, 0.15) is 0 Å². The number of hydrogen-bond acceptors (Lipinski definition) is 4. The standard InChI is InChI=1S/C17H18N4O2/c22-16(12-14-2-1-5-19-13-14)20-8-10-21(11-9-20)17(23)15-3-6-18-7-4-15/h1-7,13H,8-12H2. The Morgan fingerprint density at radius 3 is 2.26 bits per heavy atom. The number of aromatic nitrogens is 2. The molecule has 0 unspecified atom stereocenters. The lowest BCUT2D eigenvalue weighted by atomic mass is 10.1. The van der Waals surface area contributed by atoms with E-state index in [-0.39, 0.29) is 11.8 Å². The lowest BCUT2D eigenvalue weighted by Gasteiger charge is -2.34. The van der Waals surface area contributed by atoms with Gasteiger partial charge in [-0.1, -0.05) is 6.07 Å². The van der Waals surface area contributed by atoms with Gasteiger partial charge in [-0.2, -0.15) is 0 Å². The average Bonchev–Trinajstić information content (AvgIpc) is 2.63. The first-order chi connectivity index (χ1) is 11.2. The second kappa shape index (κ2) is 7.00. The molecular formula is C17H18N4O2. The van der Waals surface area contributed by atoms with Crippen LogP contribution in [0.1, 0.15) is 15.9 Å². The Morgan fingerprint density at radius 2 is 1.61 bits per heavy atom. The molecule has 2 aromatic rings. The van der Waals surface area contributed by atoms with E-state index in [1.54, 1.807) is 41.8 Å². The molecule has 0 radical (unpaired) electrons. The van der Waals surface area contributed by atoms with Crippen LogP contribution in [0.15, 0.2) is 49.1 Å². The van der Waals surface area contributed by atoms with E-state index in [0.29, 0.717) is 38.2 Å². The maximum atomic E-state index is 12.4. The van der Waals surface area contributed by atoms with Gasteiger partial charge in [0.2, 0.25) is 5.91 Å². The van der Waals surface area contributed by atoms with Gasteiger partial charge >= 0.3 is 0 Å². The molecule has 1 aliphatic heterocycles. The fraction of sp³-hybridized carbons (Fsp3) is 0.294. The van der Waals surface area contributed by atoms with Gasteiger partial charge in [-0.15, -0.1) is 0 Å². The summed E-state index contributed by atoms with van der Waals surface area (Å²) >= 11 is 0. The number of piperazine rings is 1. The molecule has 3 rings (SSSR count). The van der Waals surface area contributed by atoms with Gasteiger partial charge in [-0.05, 0) is 23.8 Å². The molecule has 0 aliphatic carbocycles. The molecule has 6 nitrogen and oxygen atoms in total. The molecule has 1 saturated heterocycles. The third kappa shape index (κ3) is 3.71. The molecule has 0 aromatic carbocycles. The van der Waals surface area contributed by atoms with Crippen LogP contribution in [0.3, 0.4) is 0 Å². The van der Waals surface area contributed by atoms with Gasteiger partial charge in [0.05, 0.1) is 6.42 Å². The summed E-state index contributed by atoms with van der Waals surface area (Å²) in [4.78, 5) is 36.2. The minimum atomic E-state index is -0.00763. The summed E-state index contributed by atoms with van der Waals surface area (Å²) in [6.45, 7) is 2.24. The van der Waals surface area contributed by atoms with Crippen LogP contribution in [0.2, 0.25) is 0 Å². The summed E-state index contributed by atoms with van der Waals surface area (Å²) in [6.07, 6.45) is 6.98. The molecule has 118 valence electrons. The van der Waals surface area contributed by atoms with Crippen molar-refractivity contribution in [3.63, 3.8) is 0 Å². The van der Waals surface area contributed by atoms with Crippen LogP contribution in [-0.4, -0.2) is 57.8 Å². The van der Waals surface area contributed by atoms with Crippen molar-refractivity contribution in [1.82, 2.24) is 19.8 Å². The van der Waals surface area contributed by atoms with E-state index in [0.717, 1.165) is 5.56 Å². The Morgan fingerprint density at radius 1 is 0.913 bits per heavy atom. The van der Waals surface area contributed by atoms with E-state index in [2.05, 4.69) is 9.97 Å². The first-order valence-electron chi connectivity index (χ1n) is 7.60. The van der Waals surface area contributed by atoms with Gasteiger partial charge in [-0.3, -0.25) is 19.6 Å². The Hall–Kier alpha value is -2.76. The van der Waals surface area contributed by atoms with Crippen LogP contribution < -0.4 is 0 Å². The van der Waals surface area contributed by atoms with E-state index in [1.165, 1.54) is 0 Å². The molecule has 2 aromatic heterocycles. The second-order valence-electron chi connectivity index (χ2n) is 5.45. The monoisotopic (exact) mass is 310 g/mol. The van der Waals surface area contributed by atoms with Crippen molar-refractivity contribution in [3.8, 4) is 0 Å². The number of nitrogens with zero attached hydrogens (tertiary/aromatic N) is 4. The zero-order chi connectivity index (χ0) is 16.1. The van der Waals surface area contributed by atoms with Crippen molar-refractivity contribution in [1.29, 1.82) is 0 Å². The molecule has 1 fully saturated rings. The summed E-state index contributed by atoms with van der Waals surface area (Å²) in [7, 11) is 0. The highest BCUT2D eigenvalue weighted by Gasteiger charge is 2.24. The number of rotatable bonds is 3. The van der Waals surface area contributed by atoms with Gasteiger partial charge in [0.15, 0.2) is 0 Å². The molecule has 0 atom stereocenters. The molecule has 3 heterocycles. The summed E-state index contributed by atoms with van der Waals surface area (Å²) < 4.78 is 0. The Kier molecular flexibility index (Phi) is 4.61. The van der Waals surface area contributed by atoms with Crippen molar-refractivity contribution >= 4 is 11.8 Å². The minimum Gasteiger partial charge on any atom is -0.339 e. The molecule has 23 heavy (non-hydrogen) atoms. The van der Waals surface area contributed by atoms with E-state index >= 15 is 0 Å². The van der Waals surface area contributed by atoms with Crippen LogP contribution in [0, 0.1) is 0 Å². The Bertz CT molecular complexity index is 668. The summed E-state index contributed by atoms with van der Waals surface area (Å²) in [5.74, 6) is 0.0702. The van der Waals surface area contributed by atoms with Crippen molar-refractivity contribution in [2.45, 2.75) is 6.42 Å². The SMILES string of the molecule is O=C(Cc1cccnc1)N1CCN(C(=O)c2ccncc2)CC1. The maximum Gasteiger partial charge on any atom is 0.254 e. The highest BCUT2D eigenvalue weighted by Crippen LogP contribution is 2.10. The highest BCUT2D eigenvalue weighted by atomic mass is 16.2. The molecule has 1 aliphatic rings. The van der Waals surface area contributed by atoms with E-state index in [4.69, 9.17) is 0 Å². The third-order valence-electron chi connectivity index (χ3n) is 3.93. The van der Waals surface area contributed by atoms with Crippen LogP contribution in [-0.2, 0) is 11.2 Å². The predicted octanol–water partition coefficient (Wildman–Crippen LogP) is 1.00. The van der Waals surface area contributed by atoms with Crippen molar-refractivity contribution in [2.24, 2.45) is 0 Å². The number of hydrogen-bond donors (Lipinski definition) is 0. The van der Waals surface area contributed by atoms with Crippen LogP contribution in [0.5, 0.6) is 0 Å². The van der Waals surface area contributed by atoms with E-state index in [1.807, 2.05) is 17.0 Å². The quantitative estimate of drug-likeness (QED) is 0.848. The summed E-state index contributed by atoms with van der Waals surface area (Å²) in [5.41, 5.74) is 1.54. The van der Waals surface area contributed by atoms with Gasteiger partial charge < -0.3 is 9.80 Å². The van der Waals surface area contributed by atoms with Gasteiger partial charge in [0.25, 0.3) is 5.91 Å². The Balaban J connectivity index is 1.54. The first kappa shape index (κ1) is 15.1. The third-order valence-corrected chi connectivity index (χ3v) is 3.93. The fourth-order valence-corrected chi connectivity index (χ4v) is 2.63. The smallest absolute Gasteiger partial charge is 0.254 e. The van der Waals surface area contributed by atoms with Crippen molar-refractivity contribution in [2.75, 3.05) is 26.2 Å². The largest absolute Gasteiger partial charge is 0.339 e. The Labute approximate surface area is 134 Å². The van der Waals surface area contributed by atoms with Crippen LogP contribution in [0.25, 0.3) is 0 Å². The molecule has 6 heteroatoms.